The highest BCUT2D eigenvalue weighted by Gasteiger charge is 2.13. The van der Waals surface area contributed by atoms with E-state index in [0.29, 0.717) is 15.0 Å². The van der Waals surface area contributed by atoms with E-state index >= 15 is 0 Å². The third kappa shape index (κ3) is 3.18. The number of thiazole rings is 1. The summed E-state index contributed by atoms with van der Waals surface area (Å²) >= 11 is 4.54. The molecule has 1 heterocycles. The molecule has 0 bridgehead atoms. The Bertz CT molecular complexity index is 654. The van der Waals surface area contributed by atoms with E-state index in [1.54, 1.807) is 6.07 Å². The first-order valence-corrected chi connectivity index (χ1v) is 6.85. The van der Waals surface area contributed by atoms with Gasteiger partial charge in [0.2, 0.25) is 0 Å². The number of hydrogen-bond acceptors (Lipinski definition) is 4. The first-order chi connectivity index (χ1) is 8.97. The smallest absolute Gasteiger partial charge is 0.335 e. The van der Waals surface area contributed by atoms with E-state index in [9.17, 15) is 9.59 Å². The third-order valence-corrected chi connectivity index (χ3v) is 3.91. The van der Waals surface area contributed by atoms with Crippen molar-refractivity contribution in [2.75, 3.05) is 5.32 Å². The van der Waals surface area contributed by atoms with Gasteiger partial charge < -0.3 is 10.4 Å². The lowest BCUT2D eigenvalue weighted by Crippen LogP contribution is -2.11. The van der Waals surface area contributed by atoms with Crippen molar-refractivity contribution in [3.8, 4) is 0 Å². The summed E-state index contributed by atoms with van der Waals surface area (Å²) in [6, 6.07) is 4.44. The van der Waals surface area contributed by atoms with Crippen molar-refractivity contribution in [1.29, 1.82) is 0 Å². The van der Waals surface area contributed by atoms with Crippen molar-refractivity contribution in [3.05, 3.63) is 44.3 Å². The van der Waals surface area contributed by atoms with Crippen molar-refractivity contribution >= 4 is 44.8 Å². The summed E-state index contributed by atoms with van der Waals surface area (Å²) in [5.41, 5.74) is 0.523. The van der Waals surface area contributed by atoms with Gasteiger partial charge in [0.25, 0.3) is 5.91 Å². The molecule has 0 fully saturated rings. The molecule has 98 valence electrons. The van der Waals surface area contributed by atoms with E-state index in [1.807, 2.05) is 6.92 Å². The van der Waals surface area contributed by atoms with Crippen LogP contribution in [0.2, 0.25) is 0 Å². The summed E-state index contributed by atoms with van der Waals surface area (Å²) in [4.78, 5) is 27.3. The molecular weight excluding hydrogens is 332 g/mol. The van der Waals surface area contributed by atoms with Crippen LogP contribution in [0, 0.1) is 6.92 Å². The largest absolute Gasteiger partial charge is 0.478 e. The Morgan fingerprint density at radius 2 is 2.16 bits per heavy atom. The highest BCUT2D eigenvalue weighted by Crippen LogP contribution is 2.25. The standard InChI is InChI=1S/C12H9BrN2O3S/c1-6-14-5-10(19-6)11(16)15-9-4-7(12(17)18)2-3-8(9)13/h2-5H,1H3,(H,15,16)(H,17,18). The van der Waals surface area contributed by atoms with Crippen molar-refractivity contribution < 1.29 is 14.7 Å². The number of amides is 1. The zero-order valence-corrected chi connectivity index (χ0v) is 12.2. The van der Waals surface area contributed by atoms with Crippen molar-refractivity contribution in [1.82, 2.24) is 4.98 Å². The summed E-state index contributed by atoms with van der Waals surface area (Å²) in [5, 5.41) is 12.4. The molecule has 0 spiro atoms. The van der Waals surface area contributed by atoms with Crippen LogP contribution in [-0.2, 0) is 0 Å². The number of carbonyl (C=O) groups excluding carboxylic acids is 1. The fraction of sp³-hybridized carbons (Fsp3) is 0.0833. The molecule has 0 aliphatic rings. The second kappa shape index (κ2) is 5.50. The molecule has 0 radical (unpaired) electrons. The Hall–Kier alpha value is -1.73. The first kappa shape index (κ1) is 13.7. The zero-order valence-electron chi connectivity index (χ0n) is 9.81. The number of hydrogen-bond donors (Lipinski definition) is 2. The summed E-state index contributed by atoms with van der Waals surface area (Å²) < 4.78 is 0.618. The molecule has 1 aromatic heterocycles. The molecule has 2 aromatic rings. The van der Waals surface area contributed by atoms with E-state index in [2.05, 4.69) is 26.2 Å². The molecule has 2 N–H and O–H groups in total. The molecule has 0 saturated carbocycles. The molecule has 2 rings (SSSR count). The van der Waals surface area contributed by atoms with E-state index in [4.69, 9.17) is 5.11 Å². The van der Waals surface area contributed by atoms with Crippen molar-refractivity contribution in [2.24, 2.45) is 0 Å². The number of rotatable bonds is 3. The average Bonchev–Trinajstić information content (AvgIpc) is 2.78. The number of nitrogens with one attached hydrogen (secondary N) is 1. The van der Waals surface area contributed by atoms with Crippen LogP contribution in [0.15, 0.2) is 28.9 Å². The second-order valence-corrected chi connectivity index (χ2v) is 5.79. The van der Waals surface area contributed by atoms with Gasteiger partial charge in [0.15, 0.2) is 0 Å². The van der Waals surface area contributed by atoms with Crippen LogP contribution in [0.1, 0.15) is 25.0 Å². The monoisotopic (exact) mass is 340 g/mol. The highest BCUT2D eigenvalue weighted by molar-refractivity contribution is 9.10. The number of aromatic carboxylic acids is 1. The van der Waals surface area contributed by atoms with Crippen molar-refractivity contribution in [2.45, 2.75) is 6.92 Å². The number of nitrogens with zero attached hydrogens (tertiary/aromatic N) is 1. The minimum atomic E-state index is -1.04. The molecular formula is C12H9BrN2O3S. The normalized spacial score (nSPS) is 10.2. The Balaban J connectivity index is 2.25. The van der Waals surface area contributed by atoms with Crippen LogP contribution in [0.4, 0.5) is 5.69 Å². The van der Waals surface area contributed by atoms with Crippen LogP contribution in [-0.4, -0.2) is 22.0 Å². The van der Waals surface area contributed by atoms with Gasteiger partial charge in [0.1, 0.15) is 4.88 Å². The molecule has 0 unspecified atom stereocenters. The number of carboxylic acid groups (broad SMARTS) is 1. The van der Waals surface area contributed by atoms with E-state index in [0.717, 1.165) is 5.01 Å². The second-order valence-electron chi connectivity index (χ2n) is 3.70. The molecule has 0 aliphatic heterocycles. The average molecular weight is 341 g/mol. The number of halogens is 1. The highest BCUT2D eigenvalue weighted by atomic mass is 79.9. The molecule has 5 nitrogen and oxygen atoms in total. The van der Waals surface area contributed by atoms with Crippen LogP contribution in [0.3, 0.4) is 0 Å². The molecule has 0 atom stereocenters. The quantitative estimate of drug-likeness (QED) is 0.899. The van der Waals surface area contributed by atoms with Gasteiger partial charge in [-0.05, 0) is 41.1 Å². The van der Waals surface area contributed by atoms with Gasteiger partial charge in [-0.1, -0.05) is 0 Å². The van der Waals surface area contributed by atoms with E-state index < -0.39 is 5.97 Å². The van der Waals surface area contributed by atoms with Crippen LogP contribution >= 0.6 is 27.3 Å². The predicted molar refractivity (Wildman–Crippen MR) is 75.9 cm³/mol. The number of carbonyl (C=O) groups is 2. The summed E-state index contributed by atoms with van der Waals surface area (Å²) in [7, 11) is 0. The van der Waals surface area contributed by atoms with Crippen LogP contribution in [0.5, 0.6) is 0 Å². The summed E-state index contributed by atoms with van der Waals surface area (Å²) in [6.07, 6.45) is 1.49. The Morgan fingerprint density at radius 1 is 1.42 bits per heavy atom. The molecule has 0 aliphatic carbocycles. The van der Waals surface area contributed by atoms with Crippen LogP contribution in [0.25, 0.3) is 0 Å². The molecule has 1 amide bonds. The van der Waals surface area contributed by atoms with E-state index in [-0.39, 0.29) is 11.5 Å². The Morgan fingerprint density at radius 3 is 2.74 bits per heavy atom. The number of anilines is 1. The minimum Gasteiger partial charge on any atom is -0.478 e. The number of aromatic nitrogens is 1. The van der Waals surface area contributed by atoms with Gasteiger partial charge >= 0.3 is 5.97 Å². The first-order valence-electron chi connectivity index (χ1n) is 5.24. The fourth-order valence-electron chi connectivity index (χ4n) is 1.40. The Kier molecular flexibility index (Phi) is 3.96. The molecule has 1 aromatic carbocycles. The lowest BCUT2D eigenvalue weighted by molar-refractivity contribution is 0.0696. The van der Waals surface area contributed by atoms with E-state index in [1.165, 1.54) is 29.7 Å². The van der Waals surface area contributed by atoms with Gasteiger partial charge in [-0.25, -0.2) is 9.78 Å². The summed E-state index contributed by atoms with van der Waals surface area (Å²) in [6.45, 7) is 1.81. The topological polar surface area (TPSA) is 79.3 Å². The SMILES string of the molecule is Cc1ncc(C(=O)Nc2cc(C(=O)O)ccc2Br)s1. The number of benzene rings is 1. The lowest BCUT2D eigenvalue weighted by atomic mass is 10.2. The maximum absolute atomic E-state index is 12.0. The lowest BCUT2D eigenvalue weighted by Gasteiger charge is -2.07. The van der Waals surface area contributed by atoms with Gasteiger partial charge in [0.05, 0.1) is 22.5 Å². The molecule has 19 heavy (non-hydrogen) atoms. The number of carboxylic acids is 1. The van der Waals surface area contributed by atoms with Crippen molar-refractivity contribution in [3.63, 3.8) is 0 Å². The van der Waals surface area contributed by atoms with Gasteiger partial charge in [-0.2, -0.15) is 0 Å². The molecule has 0 saturated heterocycles. The fourth-order valence-corrected chi connectivity index (χ4v) is 2.42. The van der Waals surface area contributed by atoms with Gasteiger partial charge in [-0.3, -0.25) is 4.79 Å². The maximum atomic E-state index is 12.0. The maximum Gasteiger partial charge on any atom is 0.335 e. The Labute approximate surface area is 121 Å². The van der Waals surface area contributed by atoms with Crippen LogP contribution < -0.4 is 5.32 Å². The van der Waals surface area contributed by atoms with Gasteiger partial charge in [-0.15, -0.1) is 11.3 Å². The zero-order chi connectivity index (χ0) is 14.0. The number of aryl methyl sites for hydroxylation is 1. The third-order valence-electron chi connectivity index (χ3n) is 2.31. The minimum absolute atomic E-state index is 0.110. The summed E-state index contributed by atoms with van der Waals surface area (Å²) in [5.74, 6) is -1.36. The van der Waals surface area contributed by atoms with Gasteiger partial charge in [0, 0.05) is 4.47 Å². The molecule has 7 heteroatoms. The predicted octanol–water partition coefficient (Wildman–Crippen LogP) is 3.16.